The number of fused-ring (bicyclic) bond motifs is 1. The first-order chi connectivity index (χ1) is 9.94. The van der Waals surface area contributed by atoms with Gasteiger partial charge in [0.15, 0.2) is 0 Å². The van der Waals surface area contributed by atoms with Crippen molar-refractivity contribution in [3.05, 3.63) is 24.0 Å². The summed E-state index contributed by atoms with van der Waals surface area (Å²) in [7, 11) is 1.70. The standard InChI is InChI=1S/C17H23ClN2O/c1-11(18)16-19-13-8-7-12(21-4)10-14(13)20(16)15-6-5-9-17(15,2)3/h7-8,10-11,15H,5-6,9H2,1-4H3. The van der Waals surface area contributed by atoms with Gasteiger partial charge in [0.2, 0.25) is 0 Å². The molecule has 1 fully saturated rings. The number of hydrogen-bond donors (Lipinski definition) is 0. The van der Waals surface area contributed by atoms with Crippen molar-refractivity contribution >= 4 is 22.6 Å². The SMILES string of the molecule is COc1ccc2nc(C(C)Cl)n(C3CCCC3(C)C)c2c1. The van der Waals surface area contributed by atoms with E-state index in [0.29, 0.717) is 6.04 Å². The molecule has 3 nitrogen and oxygen atoms in total. The Balaban J connectivity index is 2.24. The normalized spacial score (nSPS) is 22.6. The molecular weight excluding hydrogens is 284 g/mol. The minimum Gasteiger partial charge on any atom is -0.497 e. The monoisotopic (exact) mass is 306 g/mol. The summed E-state index contributed by atoms with van der Waals surface area (Å²) in [5.74, 6) is 1.84. The second kappa shape index (κ2) is 5.20. The Bertz CT molecular complexity index is 660. The number of rotatable bonds is 3. The lowest BCUT2D eigenvalue weighted by Crippen LogP contribution is -2.23. The van der Waals surface area contributed by atoms with E-state index < -0.39 is 0 Å². The fourth-order valence-electron chi connectivity index (χ4n) is 3.61. The molecule has 0 saturated heterocycles. The first-order valence-corrected chi connectivity index (χ1v) is 8.07. The molecule has 4 heteroatoms. The molecule has 2 unspecified atom stereocenters. The molecule has 0 N–H and O–H groups in total. The van der Waals surface area contributed by atoms with Crippen LogP contribution in [0.15, 0.2) is 18.2 Å². The van der Waals surface area contributed by atoms with Gasteiger partial charge in [-0.15, -0.1) is 11.6 Å². The van der Waals surface area contributed by atoms with Crippen LogP contribution >= 0.6 is 11.6 Å². The summed E-state index contributed by atoms with van der Waals surface area (Å²) < 4.78 is 7.75. The molecule has 2 atom stereocenters. The lowest BCUT2D eigenvalue weighted by atomic mass is 9.87. The largest absolute Gasteiger partial charge is 0.497 e. The highest BCUT2D eigenvalue weighted by Crippen LogP contribution is 2.48. The molecular formula is C17H23ClN2O. The summed E-state index contributed by atoms with van der Waals surface area (Å²) in [4.78, 5) is 4.77. The summed E-state index contributed by atoms with van der Waals surface area (Å²) in [6, 6.07) is 6.52. The first kappa shape index (κ1) is 14.7. The van der Waals surface area contributed by atoms with Crippen molar-refractivity contribution in [1.82, 2.24) is 9.55 Å². The van der Waals surface area contributed by atoms with Crippen molar-refractivity contribution in [3.8, 4) is 5.75 Å². The predicted molar refractivity (Wildman–Crippen MR) is 87.2 cm³/mol. The van der Waals surface area contributed by atoms with Gasteiger partial charge in [0.25, 0.3) is 0 Å². The van der Waals surface area contributed by atoms with Crippen LogP contribution in [-0.2, 0) is 0 Å². The van der Waals surface area contributed by atoms with E-state index >= 15 is 0 Å². The molecule has 0 radical (unpaired) electrons. The van der Waals surface area contributed by atoms with Crippen LogP contribution in [0.25, 0.3) is 11.0 Å². The maximum atomic E-state index is 6.41. The average molecular weight is 307 g/mol. The number of methoxy groups -OCH3 is 1. The van der Waals surface area contributed by atoms with E-state index in [1.54, 1.807) is 7.11 Å². The molecule has 0 spiro atoms. The van der Waals surface area contributed by atoms with Gasteiger partial charge in [-0.05, 0) is 37.3 Å². The Morgan fingerprint density at radius 1 is 1.43 bits per heavy atom. The third-order valence-corrected chi connectivity index (χ3v) is 4.99. The highest BCUT2D eigenvalue weighted by atomic mass is 35.5. The second-order valence-corrected chi connectivity index (χ2v) is 7.36. The number of aromatic nitrogens is 2. The molecule has 0 bridgehead atoms. The van der Waals surface area contributed by atoms with Gasteiger partial charge < -0.3 is 9.30 Å². The predicted octanol–water partition coefficient (Wildman–Crippen LogP) is 5.10. The van der Waals surface area contributed by atoms with E-state index in [2.05, 4.69) is 24.5 Å². The van der Waals surface area contributed by atoms with Crippen LogP contribution in [0.1, 0.15) is 57.3 Å². The molecule has 2 aromatic rings. The summed E-state index contributed by atoms with van der Waals surface area (Å²) in [5.41, 5.74) is 2.41. The molecule has 1 aromatic carbocycles. The van der Waals surface area contributed by atoms with Crippen LogP contribution in [0, 0.1) is 5.41 Å². The van der Waals surface area contributed by atoms with Crippen molar-refractivity contribution in [2.75, 3.05) is 7.11 Å². The quantitative estimate of drug-likeness (QED) is 0.738. The molecule has 1 aromatic heterocycles. The third-order valence-electron chi connectivity index (χ3n) is 4.79. The van der Waals surface area contributed by atoms with E-state index in [1.165, 1.54) is 19.3 Å². The lowest BCUT2D eigenvalue weighted by molar-refractivity contribution is 0.260. The van der Waals surface area contributed by atoms with Crippen molar-refractivity contribution < 1.29 is 4.74 Å². The van der Waals surface area contributed by atoms with Gasteiger partial charge >= 0.3 is 0 Å². The van der Waals surface area contributed by atoms with Crippen LogP contribution in [-0.4, -0.2) is 16.7 Å². The smallest absolute Gasteiger partial charge is 0.127 e. The van der Waals surface area contributed by atoms with Crippen LogP contribution in [0.3, 0.4) is 0 Å². The fraction of sp³-hybridized carbons (Fsp3) is 0.588. The van der Waals surface area contributed by atoms with Crippen LogP contribution in [0.2, 0.25) is 0 Å². The van der Waals surface area contributed by atoms with E-state index in [-0.39, 0.29) is 10.8 Å². The summed E-state index contributed by atoms with van der Waals surface area (Å²) in [5, 5.41) is -0.0974. The van der Waals surface area contributed by atoms with Gasteiger partial charge in [0.1, 0.15) is 11.6 Å². The van der Waals surface area contributed by atoms with Crippen LogP contribution in [0.5, 0.6) is 5.75 Å². The van der Waals surface area contributed by atoms with Gasteiger partial charge in [-0.2, -0.15) is 0 Å². The Morgan fingerprint density at radius 3 is 2.76 bits per heavy atom. The maximum absolute atomic E-state index is 6.41. The number of imidazole rings is 1. The van der Waals surface area contributed by atoms with Crippen molar-refractivity contribution in [2.45, 2.75) is 51.5 Å². The molecule has 0 amide bonds. The zero-order chi connectivity index (χ0) is 15.2. The number of nitrogens with zero attached hydrogens (tertiary/aromatic N) is 2. The highest BCUT2D eigenvalue weighted by molar-refractivity contribution is 6.20. The molecule has 1 aliphatic carbocycles. The minimum atomic E-state index is -0.0974. The highest BCUT2D eigenvalue weighted by Gasteiger charge is 2.38. The zero-order valence-corrected chi connectivity index (χ0v) is 13.9. The molecule has 1 heterocycles. The Morgan fingerprint density at radius 2 is 2.19 bits per heavy atom. The van der Waals surface area contributed by atoms with Crippen molar-refractivity contribution in [3.63, 3.8) is 0 Å². The van der Waals surface area contributed by atoms with Gasteiger partial charge in [0.05, 0.1) is 23.5 Å². The summed E-state index contributed by atoms with van der Waals surface area (Å²) in [6.07, 6.45) is 3.70. The molecule has 114 valence electrons. The summed E-state index contributed by atoms with van der Waals surface area (Å²) >= 11 is 6.41. The number of alkyl halides is 1. The third kappa shape index (κ3) is 2.42. The number of hydrogen-bond acceptors (Lipinski definition) is 2. The molecule has 21 heavy (non-hydrogen) atoms. The van der Waals surface area contributed by atoms with E-state index in [9.17, 15) is 0 Å². The number of halogens is 1. The molecule has 1 aliphatic rings. The zero-order valence-electron chi connectivity index (χ0n) is 13.2. The van der Waals surface area contributed by atoms with E-state index in [0.717, 1.165) is 22.6 Å². The Labute approximate surface area is 131 Å². The van der Waals surface area contributed by atoms with Gasteiger partial charge in [-0.25, -0.2) is 4.98 Å². The number of ether oxygens (including phenoxy) is 1. The maximum Gasteiger partial charge on any atom is 0.127 e. The summed E-state index contributed by atoms with van der Waals surface area (Å²) in [6.45, 7) is 6.69. The lowest BCUT2D eigenvalue weighted by Gasteiger charge is -2.30. The molecule has 0 aliphatic heterocycles. The first-order valence-electron chi connectivity index (χ1n) is 7.64. The average Bonchev–Trinajstić information content (AvgIpc) is 2.97. The van der Waals surface area contributed by atoms with Crippen molar-refractivity contribution in [2.24, 2.45) is 5.41 Å². The van der Waals surface area contributed by atoms with E-state index in [4.69, 9.17) is 21.3 Å². The van der Waals surface area contributed by atoms with Crippen LogP contribution in [0.4, 0.5) is 0 Å². The van der Waals surface area contributed by atoms with Gasteiger partial charge in [-0.1, -0.05) is 20.3 Å². The van der Waals surface area contributed by atoms with Gasteiger partial charge in [-0.3, -0.25) is 0 Å². The Kier molecular flexibility index (Phi) is 3.64. The van der Waals surface area contributed by atoms with Crippen molar-refractivity contribution in [1.29, 1.82) is 0 Å². The van der Waals surface area contributed by atoms with Gasteiger partial charge in [0, 0.05) is 12.1 Å². The molecule has 1 saturated carbocycles. The minimum absolute atomic E-state index is 0.0974. The molecule has 3 rings (SSSR count). The fourth-order valence-corrected chi connectivity index (χ4v) is 3.77. The second-order valence-electron chi connectivity index (χ2n) is 6.71. The number of benzene rings is 1. The topological polar surface area (TPSA) is 27.1 Å². The van der Waals surface area contributed by atoms with Crippen LogP contribution < -0.4 is 4.74 Å². The van der Waals surface area contributed by atoms with E-state index in [1.807, 2.05) is 19.1 Å². The Hall–Kier alpha value is -1.22.